The lowest BCUT2D eigenvalue weighted by atomic mass is 10.1. The number of ether oxygens (including phenoxy) is 3. The second kappa shape index (κ2) is 9.69. The fourth-order valence-corrected chi connectivity index (χ4v) is 6.20. The summed E-state index contributed by atoms with van der Waals surface area (Å²) in [6.07, 6.45) is 4.08. The van der Waals surface area contributed by atoms with E-state index in [4.69, 9.17) is 18.6 Å². The van der Waals surface area contributed by atoms with Crippen LogP contribution in [0.25, 0.3) is 12.2 Å². The Morgan fingerprint density at radius 1 is 0.821 bits per heavy atom. The van der Waals surface area contributed by atoms with Gasteiger partial charge in [0, 0.05) is 0 Å². The Bertz CT molecular complexity index is 770. The lowest BCUT2D eigenvalue weighted by molar-refractivity contribution is 0.324. The molecule has 152 valence electrons. The van der Waals surface area contributed by atoms with E-state index in [-0.39, 0.29) is 0 Å². The van der Waals surface area contributed by atoms with Crippen LogP contribution in [-0.4, -0.2) is 29.6 Å². The summed E-state index contributed by atoms with van der Waals surface area (Å²) >= 11 is 0. The minimum Gasteiger partial charge on any atom is -0.544 e. The zero-order valence-electron chi connectivity index (χ0n) is 18.0. The predicted octanol–water partition coefficient (Wildman–Crippen LogP) is 6.12. The zero-order chi connectivity index (χ0) is 20.7. The van der Waals surface area contributed by atoms with Crippen molar-refractivity contribution < 1.29 is 18.6 Å². The maximum atomic E-state index is 6.28. The molecule has 0 saturated carbocycles. The summed E-state index contributed by atoms with van der Waals surface area (Å²) in [5.41, 5.74) is 2.07. The normalized spacial score (nSPS) is 11.7. The Hall–Kier alpha value is -2.40. The van der Waals surface area contributed by atoms with Crippen LogP contribution in [0.2, 0.25) is 19.1 Å². The van der Waals surface area contributed by atoms with E-state index in [2.05, 4.69) is 45.2 Å². The molecule has 28 heavy (non-hydrogen) atoms. The first kappa shape index (κ1) is 21.9. The molecule has 0 heterocycles. The number of methoxy groups -OCH3 is 3. The topological polar surface area (TPSA) is 36.9 Å². The molecule has 0 bridgehead atoms. The quantitative estimate of drug-likeness (QED) is 0.375. The molecule has 0 aliphatic carbocycles. The Kier molecular flexibility index (Phi) is 7.58. The van der Waals surface area contributed by atoms with Gasteiger partial charge in [0.1, 0.15) is 5.75 Å². The standard InChI is InChI=1S/C23H32O4Si/c1-17(2)16-28(6,7)27-20-12-10-18(11-13-20)8-9-19-14-21(24-3)23(26-5)22(15-19)25-4/h8-15,17H,16H2,1-7H3/b9-8+. The summed E-state index contributed by atoms with van der Waals surface area (Å²) in [5, 5.41) is 0. The molecule has 0 aliphatic rings. The maximum Gasteiger partial charge on any atom is 0.245 e. The van der Waals surface area contributed by atoms with Crippen molar-refractivity contribution in [2.45, 2.75) is 33.0 Å². The number of hydrogen-bond donors (Lipinski definition) is 0. The molecule has 0 saturated heterocycles. The van der Waals surface area contributed by atoms with Gasteiger partial charge in [-0.1, -0.05) is 38.1 Å². The second-order valence-corrected chi connectivity index (χ2v) is 12.0. The first-order valence-corrected chi connectivity index (χ1v) is 12.7. The van der Waals surface area contributed by atoms with E-state index in [1.807, 2.05) is 30.3 Å². The lowest BCUT2D eigenvalue weighted by Gasteiger charge is -2.25. The number of benzene rings is 2. The van der Waals surface area contributed by atoms with Crippen LogP contribution in [0.15, 0.2) is 36.4 Å². The molecule has 0 radical (unpaired) electrons. The van der Waals surface area contributed by atoms with Gasteiger partial charge >= 0.3 is 0 Å². The summed E-state index contributed by atoms with van der Waals surface area (Å²) in [4.78, 5) is 0. The van der Waals surface area contributed by atoms with E-state index in [9.17, 15) is 0 Å². The van der Waals surface area contributed by atoms with Crippen molar-refractivity contribution in [3.05, 3.63) is 47.5 Å². The minimum absolute atomic E-state index is 0.594. The van der Waals surface area contributed by atoms with Gasteiger partial charge in [-0.25, -0.2) is 0 Å². The van der Waals surface area contributed by atoms with Crippen molar-refractivity contribution >= 4 is 20.5 Å². The third-order valence-electron chi connectivity index (χ3n) is 4.33. The lowest BCUT2D eigenvalue weighted by Crippen LogP contribution is -2.35. The van der Waals surface area contributed by atoms with Crippen LogP contribution in [-0.2, 0) is 0 Å². The van der Waals surface area contributed by atoms with Gasteiger partial charge < -0.3 is 18.6 Å². The molecule has 5 heteroatoms. The van der Waals surface area contributed by atoms with Crippen molar-refractivity contribution in [3.8, 4) is 23.0 Å². The van der Waals surface area contributed by atoms with Crippen LogP contribution < -0.4 is 18.6 Å². The predicted molar refractivity (Wildman–Crippen MR) is 119 cm³/mol. The smallest absolute Gasteiger partial charge is 0.245 e. The largest absolute Gasteiger partial charge is 0.544 e. The van der Waals surface area contributed by atoms with Crippen LogP contribution in [0.3, 0.4) is 0 Å². The van der Waals surface area contributed by atoms with Gasteiger partial charge in [0.05, 0.1) is 21.3 Å². The Morgan fingerprint density at radius 2 is 1.36 bits per heavy atom. The average molecular weight is 401 g/mol. The van der Waals surface area contributed by atoms with Crippen LogP contribution >= 0.6 is 0 Å². The molecule has 2 rings (SSSR count). The first-order valence-electron chi connectivity index (χ1n) is 9.55. The molecule has 0 spiro atoms. The fraction of sp³-hybridized carbons (Fsp3) is 0.391. The van der Waals surface area contributed by atoms with Gasteiger partial charge in [-0.2, -0.15) is 0 Å². The first-order chi connectivity index (χ1) is 13.3. The highest BCUT2D eigenvalue weighted by Crippen LogP contribution is 2.38. The summed E-state index contributed by atoms with van der Waals surface area (Å²) in [7, 11) is 3.16. The van der Waals surface area contributed by atoms with Gasteiger partial charge in [0.25, 0.3) is 0 Å². The molecule has 0 atom stereocenters. The van der Waals surface area contributed by atoms with Gasteiger partial charge in [-0.05, 0) is 60.4 Å². The van der Waals surface area contributed by atoms with Gasteiger partial charge in [0.15, 0.2) is 11.5 Å². The van der Waals surface area contributed by atoms with Crippen LogP contribution in [0.5, 0.6) is 23.0 Å². The molecule has 4 nitrogen and oxygen atoms in total. The Labute approximate surface area is 170 Å². The molecular formula is C23H32O4Si. The molecule has 0 unspecified atom stereocenters. The van der Waals surface area contributed by atoms with E-state index < -0.39 is 8.32 Å². The van der Waals surface area contributed by atoms with Gasteiger partial charge in [-0.3, -0.25) is 0 Å². The highest BCUT2D eigenvalue weighted by Gasteiger charge is 2.25. The van der Waals surface area contributed by atoms with E-state index in [1.165, 1.54) is 0 Å². The molecule has 0 aromatic heterocycles. The molecule has 2 aromatic rings. The second-order valence-electron chi connectivity index (χ2n) is 7.82. The van der Waals surface area contributed by atoms with E-state index in [0.717, 1.165) is 22.9 Å². The van der Waals surface area contributed by atoms with E-state index in [0.29, 0.717) is 23.2 Å². The third-order valence-corrected chi connectivity index (χ3v) is 6.92. The van der Waals surface area contributed by atoms with Crippen molar-refractivity contribution in [3.63, 3.8) is 0 Å². The van der Waals surface area contributed by atoms with E-state index in [1.54, 1.807) is 21.3 Å². The molecular weight excluding hydrogens is 368 g/mol. The van der Waals surface area contributed by atoms with Gasteiger partial charge in [0.2, 0.25) is 14.1 Å². The monoisotopic (exact) mass is 400 g/mol. The average Bonchev–Trinajstić information content (AvgIpc) is 2.65. The van der Waals surface area contributed by atoms with Crippen molar-refractivity contribution in [1.29, 1.82) is 0 Å². The SMILES string of the molecule is COc1cc(/C=C/c2ccc(O[Si](C)(C)CC(C)C)cc2)cc(OC)c1OC. The summed E-state index contributed by atoms with van der Waals surface area (Å²) in [6.45, 7) is 9.03. The van der Waals surface area contributed by atoms with Crippen molar-refractivity contribution in [1.82, 2.24) is 0 Å². The molecule has 0 amide bonds. The Morgan fingerprint density at radius 3 is 1.82 bits per heavy atom. The fourth-order valence-electron chi connectivity index (χ4n) is 3.38. The molecule has 2 aromatic carbocycles. The van der Waals surface area contributed by atoms with Crippen LogP contribution in [0.4, 0.5) is 0 Å². The van der Waals surface area contributed by atoms with Crippen LogP contribution in [0.1, 0.15) is 25.0 Å². The summed E-state index contributed by atoms with van der Waals surface area (Å²) in [5.74, 6) is 3.48. The summed E-state index contributed by atoms with van der Waals surface area (Å²) in [6, 6.07) is 13.2. The minimum atomic E-state index is -1.68. The Balaban J connectivity index is 2.15. The molecule has 0 N–H and O–H groups in total. The van der Waals surface area contributed by atoms with E-state index >= 15 is 0 Å². The van der Waals surface area contributed by atoms with Crippen molar-refractivity contribution in [2.24, 2.45) is 5.92 Å². The number of hydrogen-bond acceptors (Lipinski definition) is 4. The number of rotatable bonds is 9. The zero-order valence-corrected chi connectivity index (χ0v) is 19.0. The third kappa shape index (κ3) is 6.06. The molecule has 0 fully saturated rings. The highest BCUT2D eigenvalue weighted by atomic mass is 28.4. The summed E-state index contributed by atoms with van der Waals surface area (Å²) < 4.78 is 22.5. The van der Waals surface area contributed by atoms with Gasteiger partial charge in [-0.15, -0.1) is 0 Å². The highest BCUT2D eigenvalue weighted by molar-refractivity contribution is 6.71. The van der Waals surface area contributed by atoms with Crippen LogP contribution in [0, 0.1) is 5.92 Å². The molecule has 0 aliphatic heterocycles. The van der Waals surface area contributed by atoms with Crippen molar-refractivity contribution in [2.75, 3.05) is 21.3 Å². The maximum absolute atomic E-state index is 6.28.